The lowest BCUT2D eigenvalue weighted by Gasteiger charge is -2.12. The highest BCUT2D eigenvalue weighted by Gasteiger charge is 2.26. The Hall–Kier alpha value is -1.35. The van der Waals surface area contributed by atoms with E-state index < -0.39 is 0 Å². The molecule has 1 aromatic rings. The predicted molar refractivity (Wildman–Crippen MR) is 65.6 cm³/mol. The van der Waals surface area contributed by atoms with E-state index in [0.29, 0.717) is 31.1 Å². The number of hydrogen-bond donors (Lipinski definition) is 0. The van der Waals surface area contributed by atoms with Crippen LogP contribution in [0.5, 0.6) is 5.75 Å². The number of hydrogen-bond acceptors (Lipinski definition) is 3. The molecule has 1 aromatic carbocycles. The van der Waals surface area contributed by atoms with Crippen LogP contribution in [-0.2, 0) is 4.74 Å². The van der Waals surface area contributed by atoms with E-state index in [9.17, 15) is 4.79 Å². The maximum Gasteiger partial charge on any atom is 0.172 e. The van der Waals surface area contributed by atoms with Crippen molar-refractivity contribution in [1.29, 1.82) is 0 Å². The van der Waals surface area contributed by atoms with E-state index >= 15 is 0 Å². The van der Waals surface area contributed by atoms with E-state index in [1.165, 1.54) is 0 Å². The molecule has 1 heterocycles. The molecule has 2 rings (SSSR count). The Morgan fingerprint density at radius 3 is 3.00 bits per heavy atom. The predicted octanol–water partition coefficient (Wildman–Crippen LogP) is 2.61. The Kier molecular flexibility index (Phi) is 3.79. The van der Waals surface area contributed by atoms with Gasteiger partial charge in [0.2, 0.25) is 0 Å². The Morgan fingerprint density at radius 2 is 2.35 bits per heavy atom. The molecule has 0 saturated carbocycles. The Morgan fingerprint density at radius 1 is 1.53 bits per heavy atom. The topological polar surface area (TPSA) is 35.5 Å². The lowest BCUT2D eigenvalue weighted by molar-refractivity contribution is 0.0896. The fourth-order valence-electron chi connectivity index (χ4n) is 2.08. The maximum atomic E-state index is 12.3. The number of carbonyl (C=O) groups is 1. The highest BCUT2D eigenvalue weighted by atomic mass is 16.5. The number of ether oxygens (including phenoxy) is 2. The Bertz CT molecular complexity index is 406. The van der Waals surface area contributed by atoms with Crippen molar-refractivity contribution in [2.45, 2.75) is 20.3 Å². The largest absolute Gasteiger partial charge is 0.493 e. The fraction of sp³-hybridized carbons (Fsp3) is 0.500. The van der Waals surface area contributed by atoms with Crippen molar-refractivity contribution in [3.8, 4) is 5.75 Å². The van der Waals surface area contributed by atoms with Crippen molar-refractivity contribution >= 4 is 5.78 Å². The van der Waals surface area contributed by atoms with Gasteiger partial charge in [0.15, 0.2) is 5.78 Å². The van der Waals surface area contributed by atoms with Crippen molar-refractivity contribution in [3.05, 3.63) is 29.3 Å². The summed E-state index contributed by atoms with van der Waals surface area (Å²) in [5, 5.41) is 0. The van der Waals surface area contributed by atoms with Gasteiger partial charge in [0, 0.05) is 12.5 Å². The summed E-state index contributed by atoms with van der Waals surface area (Å²) < 4.78 is 10.8. The van der Waals surface area contributed by atoms with Crippen molar-refractivity contribution in [2.24, 2.45) is 5.92 Å². The molecule has 1 aliphatic heterocycles. The first-order valence-electron chi connectivity index (χ1n) is 6.07. The molecule has 0 aromatic heterocycles. The van der Waals surface area contributed by atoms with Crippen LogP contribution < -0.4 is 4.74 Å². The van der Waals surface area contributed by atoms with Gasteiger partial charge in [0.25, 0.3) is 0 Å². The highest BCUT2D eigenvalue weighted by Crippen LogP contribution is 2.26. The summed E-state index contributed by atoms with van der Waals surface area (Å²) >= 11 is 0. The average Bonchev–Trinajstić information content (AvgIpc) is 2.84. The molecule has 1 aliphatic rings. The third-order valence-electron chi connectivity index (χ3n) is 3.00. The van der Waals surface area contributed by atoms with Crippen LogP contribution in [-0.4, -0.2) is 25.6 Å². The van der Waals surface area contributed by atoms with E-state index in [-0.39, 0.29) is 11.7 Å². The van der Waals surface area contributed by atoms with Gasteiger partial charge in [-0.15, -0.1) is 0 Å². The smallest absolute Gasteiger partial charge is 0.172 e. The monoisotopic (exact) mass is 234 g/mol. The third-order valence-corrected chi connectivity index (χ3v) is 3.00. The van der Waals surface area contributed by atoms with E-state index in [4.69, 9.17) is 9.47 Å². The van der Waals surface area contributed by atoms with Crippen LogP contribution in [0.1, 0.15) is 29.3 Å². The summed E-state index contributed by atoms with van der Waals surface area (Å²) in [6.07, 6.45) is 0.818. The zero-order valence-electron chi connectivity index (χ0n) is 10.4. The minimum absolute atomic E-state index is 0.00370. The van der Waals surface area contributed by atoms with Crippen LogP contribution >= 0.6 is 0 Å². The zero-order chi connectivity index (χ0) is 12.3. The summed E-state index contributed by atoms with van der Waals surface area (Å²) in [7, 11) is 0. The molecule has 17 heavy (non-hydrogen) atoms. The van der Waals surface area contributed by atoms with Gasteiger partial charge < -0.3 is 9.47 Å². The minimum Gasteiger partial charge on any atom is -0.493 e. The van der Waals surface area contributed by atoms with Gasteiger partial charge in [0.1, 0.15) is 5.75 Å². The van der Waals surface area contributed by atoms with Crippen LogP contribution in [0, 0.1) is 12.8 Å². The summed E-state index contributed by atoms with van der Waals surface area (Å²) in [6, 6.07) is 5.75. The molecular formula is C14H18O3. The van der Waals surface area contributed by atoms with Gasteiger partial charge in [-0.05, 0) is 32.4 Å². The van der Waals surface area contributed by atoms with Crippen LogP contribution in [0.15, 0.2) is 18.2 Å². The normalized spacial score (nSPS) is 19.3. The number of aryl methyl sites for hydroxylation is 1. The van der Waals surface area contributed by atoms with Gasteiger partial charge in [-0.2, -0.15) is 0 Å². The summed E-state index contributed by atoms with van der Waals surface area (Å²) in [4.78, 5) is 12.3. The van der Waals surface area contributed by atoms with E-state index in [0.717, 1.165) is 12.0 Å². The van der Waals surface area contributed by atoms with Crippen molar-refractivity contribution in [3.63, 3.8) is 0 Å². The Labute approximate surface area is 102 Å². The average molecular weight is 234 g/mol. The minimum atomic E-state index is -0.00370. The Balaban J connectivity index is 2.28. The van der Waals surface area contributed by atoms with Crippen molar-refractivity contribution in [1.82, 2.24) is 0 Å². The third kappa shape index (κ3) is 2.67. The second-order valence-corrected chi connectivity index (χ2v) is 4.36. The van der Waals surface area contributed by atoms with Gasteiger partial charge in [-0.1, -0.05) is 11.6 Å². The summed E-state index contributed by atoms with van der Waals surface area (Å²) in [5.74, 6) is 0.834. The molecule has 3 heteroatoms. The molecule has 1 fully saturated rings. The highest BCUT2D eigenvalue weighted by molar-refractivity contribution is 6.00. The second kappa shape index (κ2) is 5.32. The quantitative estimate of drug-likeness (QED) is 0.751. The first kappa shape index (κ1) is 12.1. The molecule has 1 unspecified atom stereocenters. The number of ketones is 1. The maximum absolute atomic E-state index is 12.3. The van der Waals surface area contributed by atoms with Crippen molar-refractivity contribution < 1.29 is 14.3 Å². The first-order valence-corrected chi connectivity index (χ1v) is 6.07. The number of carbonyl (C=O) groups excluding carboxylic acids is 1. The zero-order valence-corrected chi connectivity index (χ0v) is 10.4. The van der Waals surface area contributed by atoms with Crippen LogP contribution in [0.25, 0.3) is 0 Å². The molecule has 1 saturated heterocycles. The van der Waals surface area contributed by atoms with E-state index in [2.05, 4.69) is 0 Å². The van der Waals surface area contributed by atoms with Crippen LogP contribution in [0.2, 0.25) is 0 Å². The van der Waals surface area contributed by atoms with E-state index in [1.54, 1.807) is 0 Å². The van der Waals surface area contributed by atoms with Gasteiger partial charge in [-0.3, -0.25) is 4.79 Å². The molecule has 0 radical (unpaired) electrons. The molecule has 0 amide bonds. The standard InChI is InChI=1S/C14H18O3/c1-3-17-13-5-4-10(2)8-12(13)14(15)11-6-7-16-9-11/h4-5,8,11H,3,6-7,9H2,1-2H3. The van der Waals surface area contributed by atoms with Gasteiger partial charge in [0.05, 0.1) is 18.8 Å². The number of rotatable bonds is 4. The van der Waals surface area contributed by atoms with Crippen molar-refractivity contribution in [2.75, 3.05) is 19.8 Å². The molecular weight excluding hydrogens is 216 g/mol. The summed E-state index contributed by atoms with van der Waals surface area (Å²) in [6.45, 7) is 5.71. The molecule has 0 bridgehead atoms. The van der Waals surface area contributed by atoms with Gasteiger partial charge in [-0.25, -0.2) is 0 Å². The lowest BCUT2D eigenvalue weighted by Crippen LogP contribution is -2.16. The van der Waals surface area contributed by atoms with Crippen LogP contribution in [0.4, 0.5) is 0 Å². The summed E-state index contributed by atoms with van der Waals surface area (Å²) in [5.41, 5.74) is 1.78. The molecule has 0 N–H and O–H groups in total. The number of benzene rings is 1. The van der Waals surface area contributed by atoms with Gasteiger partial charge >= 0.3 is 0 Å². The lowest BCUT2D eigenvalue weighted by atomic mass is 9.95. The first-order chi connectivity index (χ1) is 8.22. The fourth-order valence-corrected chi connectivity index (χ4v) is 2.08. The number of Topliss-reactive ketones (excluding diaryl/α,β-unsaturated/α-hetero) is 1. The van der Waals surface area contributed by atoms with E-state index in [1.807, 2.05) is 32.0 Å². The molecule has 0 aliphatic carbocycles. The molecule has 1 atom stereocenters. The molecule has 0 spiro atoms. The van der Waals surface area contributed by atoms with Crippen LogP contribution in [0.3, 0.4) is 0 Å². The molecule has 92 valence electrons. The second-order valence-electron chi connectivity index (χ2n) is 4.36. The SMILES string of the molecule is CCOc1ccc(C)cc1C(=O)C1CCOC1. The molecule has 3 nitrogen and oxygen atoms in total.